The Morgan fingerprint density at radius 3 is 1.97 bits per heavy atom. The highest BCUT2D eigenvalue weighted by Crippen LogP contribution is 2.46. The van der Waals surface area contributed by atoms with E-state index in [0.717, 1.165) is 32.4 Å². The van der Waals surface area contributed by atoms with E-state index in [-0.39, 0.29) is 0 Å². The zero-order valence-corrected chi connectivity index (χ0v) is 18.2. The average Bonchev–Trinajstić information content (AvgIpc) is 3.34. The molecule has 3 aromatic rings. The van der Waals surface area contributed by atoms with Gasteiger partial charge in [0.2, 0.25) is 0 Å². The largest absolute Gasteiger partial charge is 0.193 e. The monoisotopic (exact) mass is 423 g/mol. The standard InChI is InChI=1S/C27H21NS2/c28-21-25(26-29-18-19-30-26)27(24-14-8-3-9-15-24,20-23-12-6-2-7-13-23)17-16-22-10-4-1-5-11-22/h1-15H,18-20H2. The number of rotatable bonds is 4. The van der Waals surface area contributed by atoms with Crippen LogP contribution in [0.15, 0.2) is 101 Å². The quantitative estimate of drug-likeness (QED) is 0.357. The summed E-state index contributed by atoms with van der Waals surface area (Å²) >= 11 is 3.56. The number of thioether (sulfide) groups is 2. The first-order chi connectivity index (χ1) is 14.8. The second kappa shape index (κ2) is 9.77. The van der Waals surface area contributed by atoms with Crippen LogP contribution < -0.4 is 0 Å². The summed E-state index contributed by atoms with van der Waals surface area (Å²) in [7, 11) is 0. The van der Waals surface area contributed by atoms with Gasteiger partial charge in [-0.2, -0.15) is 5.26 Å². The van der Waals surface area contributed by atoms with E-state index in [0.29, 0.717) is 6.42 Å². The van der Waals surface area contributed by atoms with Gasteiger partial charge in [0.25, 0.3) is 0 Å². The van der Waals surface area contributed by atoms with Crippen molar-refractivity contribution in [1.29, 1.82) is 5.26 Å². The minimum atomic E-state index is -0.702. The van der Waals surface area contributed by atoms with Gasteiger partial charge in [0.15, 0.2) is 0 Å². The Morgan fingerprint density at radius 1 is 0.800 bits per heavy atom. The first-order valence-electron chi connectivity index (χ1n) is 9.90. The molecule has 0 bridgehead atoms. The van der Waals surface area contributed by atoms with Gasteiger partial charge in [-0.1, -0.05) is 90.7 Å². The summed E-state index contributed by atoms with van der Waals surface area (Å²) in [5, 5.41) is 10.4. The zero-order valence-electron chi connectivity index (χ0n) is 16.5. The van der Waals surface area contributed by atoms with Gasteiger partial charge in [-0.15, -0.1) is 23.5 Å². The molecule has 146 valence electrons. The predicted molar refractivity (Wildman–Crippen MR) is 129 cm³/mol. The minimum absolute atomic E-state index is 0.658. The van der Waals surface area contributed by atoms with Crippen LogP contribution in [0.5, 0.6) is 0 Å². The lowest BCUT2D eigenvalue weighted by Crippen LogP contribution is -2.30. The summed E-state index contributed by atoms with van der Waals surface area (Å²) in [6.07, 6.45) is 0.658. The van der Waals surface area contributed by atoms with Crippen LogP contribution in [0, 0.1) is 23.2 Å². The van der Waals surface area contributed by atoms with E-state index in [1.54, 1.807) is 23.5 Å². The summed E-state index contributed by atoms with van der Waals surface area (Å²) in [5.41, 5.74) is 3.26. The summed E-state index contributed by atoms with van der Waals surface area (Å²) in [6, 6.07) is 33.3. The highest BCUT2D eigenvalue weighted by molar-refractivity contribution is 8.25. The molecule has 0 aromatic heterocycles. The average molecular weight is 424 g/mol. The van der Waals surface area contributed by atoms with Crippen LogP contribution in [0.2, 0.25) is 0 Å². The molecule has 1 atom stereocenters. The maximum atomic E-state index is 10.4. The van der Waals surface area contributed by atoms with Gasteiger partial charge in [0, 0.05) is 17.1 Å². The molecule has 30 heavy (non-hydrogen) atoms. The Hall–Kier alpha value is -2.85. The molecule has 0 spiro atoms. The molecule has 1 aliphatic rings. The maximum Gasteiger partial charge on any atom is 0.0984 e. The van der Waals surface area contributed by atoms with Crippen molar-refractivity contribution in [1.82, 2.24) is 0 Å². The number of hydrogen-bond acceptors (Lipinski definition) is 3. The third kappa shape index (κ3) is 4.49. The molecule has 3 aromatic carbocycles. The minimum Gasteiger partial charge on any atom is -0.193 e. The van der Waals surface area contributed by atoms with Gasteiger partial charge in [0.1, 0.15) is 0 Å². The first-order valence-corrected chi connectivity index (χ1v) is 11.9. The summed E-state index contributed by atoms with van der Waals surface area (Å²) in [6.45, 7) is 0. The number of benzene rings is 3. The van der Waals surface area contributed by atoms with Crippen molar-refractivity contribution in [3.8, 4) is 17.9 Å². The van der Waals surface area contributed by atoms with Crippen molar-refractivity contribution < 1.29 is 0 Å². The predicted octanol–water partition coefficient (Wildman–Crippen LogP) is 6.43. The van der Waals surface area contributed by atoms with Gasteiger partial charge in [-0.25, -0.2) is 0 Å². The lowest BCUT2D eigenvalue weighted by atomic mass is 9.71. The van der Waals surface area contributed by atoms with Crippen LogP contribution >= 0.6 is 23.5 Å². The van der Waals surface area contributed by atoms with Gasteiger partial charge in [-0.3, -0.25) is 0 Å². The fourth-order valence-electron chi connectivity index (χ4n) is 3.61. The second-order valence-corrected chi connectivity index (χ2v) is 9.49. The Kier molecular flexibility index (Phi) is 6.65. The molecule has 1 nitrogen and oxygen atoms in total. The van der Waals surface area contributed by atoms with E-state index in [2.05, 4.69) is 42.2 Å². The Bertz CT molecular complexity index is 1110. The van der Waals surface area contributed by atoms with Gasteiger partial charge in [0.05, 0.1) is 21.3 Å². The zero-order chi connectivity index (χ0) is 20.7. The lowest BCUT2D eigenvalue weighted by Gasteiger charge is -2.30. The Morgan fingerprint density at radius 2 is 1.37 bits per heavy atom. The van der Waals surface area contributed by atoms with Crippen LogP contribution in [-0.4, -0.2) is 11.5 Å². The number of nitrogens with zero attached hydrogens (tertiary/aromatic N) is 1. The Balaban J connectivity index is 1.96. The number of nitriles is 1. The molecular formula is C27H21NS2. The van der Waals surface area contributed by atoms with Crippen LogP contribution in [0.1, 0.15) is 16.7 Å². The van der Waals surface area contributed by atoms with Crippen LogP contribution in [-0.2, 0) is 11.8 Å². The molecule has 0 aliphatic carbocycles. The molecule has 3 heteroatoms. The van der Waals surface area contributed by atoms with Crippen molar-refractivity contribution in [2.45, 2.75) is 11.8 Å². The van der Waals surface area contributed by atoms with Crippen LogP contribution in [0.4, 0.5) is 0 Å². The fraction of sp³-hybridized carbons (Fsp3) is 0.148. The Labute approximate surface area is 187 Å². The lowest BCUT2D eigenvalue weighted by molar-refractivity contribution is 0.664. The highest BCUT2D eigenvalue weighted by atomic mass is 32.2. The van der Waals surface area contributed by atoms with Crippen LogP contribution in [0.25, 0.3) is 0 Å². The molecule has 1 unspecified atom stereocenters. The summed E-state index contributed by atoms with van der Waals surface area (Å²) in [5.74, 6) is 9.04. The maximum absolute atomic E-state index is 10.4. The number of allylic oxidation sites excluding steroid dienone is 1. The van der Waals surface area contributed by atoms with E-state index >= 15 is 0 Å². The SMILES string of the molecule is N#CC(=C1SCCS1)C(C#Cc1ccccc1)(Cc1ccccc1)c1ccccc1. The molecule has 0 amide bonds. The molecule has 1 aliphatic heterocycles. The third-order valence-electron chi connectivity index (χ3n) is 5.07. The van der Waals surface area contributed by atoms with E-state index in [4.69, 9.17) is 0 Å². The van der Waals surface area contributed by atoms with Gasteiger partial charge >= 0.3 is 0 Å². The third-order valence-corrected chi connectivity index (χ3v) is 7.78. The van der Waals surface area contributed by atoms with E-state index in [1.807, 2.05) is 66.7 Å². The molecule has 4 rings (SSSR count). The van der Waals surface area contributed by atoms with E-state index < -0.39 is 5.41 Å². The molecule has 1 fully saturated rings. The molecule has 0 radical (unpaired) electrons. The van der Waals surface area contributed by atoms with Crippen molar-refractivity contribution >= 4 is 23.5 Å². The smallest absolute Gasteiger partial charge is 0.0984 e. The molecular weight excluding hydrogens is 402 g/mol. The van der Waals surface area contributed by atoms with Crippen LogP contribution in [0.3, 0.4) is 0 Å². The molecule has 0 N–H and O–H groups in total. The second-order valence-electron chi connectivity index (χ2n) is 7.02. The van der Waals surface area contributed by atoms with Gasteiger partial charge in [-0.05, 0) is 29.7 Å². The molecule has 1 heterocycles. The van der Waals surface area contributed by atoms with E-state index in [1.165, 1.54) is 5.56 Å². The van der Waals surface area contributed by atoms with Gasteiger partial charge < -0.3 is 0 Å². The van der Waals surface area contributed by atoms with Crippen molar-refractivity contribution in [2.75, 3.05) is 11.5 Å². The van der Waals surface area contributed by atoms with Crippen molar-refractivity contribution in [3.05, 3.63) is 117 Å². The fourth-order valence-corrected chi connectivity index (χ4v) is 6.21. The summed E-state index contributed by atoms with van der Waals surface area (Å²) < 4.78 is 1.11. The number of hydrogen-bond donors (Lipinski definition) is 0. The van der Waals surface area contributed by atoms with Crippen molar-refractivity contribution in [3.63, 3.8) is 0 Å². The van der Waals surface area contributed by atoms with E-state index in [9.17, 15) is 5.26 Å². The topological polar surface area (TPSA) is 23.8 Å². The van der Waals surface area contributed by atoms with Crippen molar-refractivity contribution in [2.24, 2.45) is 0 Å². The highest BCUT2D eigenvalue weighted by Gasteiger charge is 2.38. The molecule has 0 saturated carbocycles. The normalized spacial score (nSPS) is 14.8. The summed E-state index contributed by atoms with van der Waals surface area (Å²) in [4.78, 5) is 0. The molecule has 1 saturated heterocycles. The first kappa shape index (κ1) is 20.4.